The van der Waals surface area contributed by atoms with Gasteiger partial charge in [-0.2, -0.15) is 4.98 Å². The van der Waals surface area contributed by atoms with E-state index >= 15 is 0 Å². The topological polar surface area (TPSA) is 61.4 Å². The van der Waals surface area contributed by atoms with Gasteiger partial charge >= 0.3 is 0 Å². The molecule has 0 spiro atoms. The van der Waals surface area contributed by atoms with Crippen LogP contribution in [0.4, 0.5) is 17.5 Å². The van der Waals surface area contributed by atoms with Crippen molar-refractivity contribution in [2.45, 2.75) is 19.3 Å². The lowest BCUT2D eigenvalue weighted by Crippen LogP contribution is -2.31. The van der Waals surface area contributed by atoms with Gasteiger partial charge in [-0.25, -0.2) is 4.98 Å². The van der Waals surface area contributed by atoms with Crippen molar-refractivity contribution >= 4 is 34.1 Å². The molecule has 144 valence electrons. The van der Waals surface area contributed by atoms with Crippen LogP contribution in [0.15, 0.2) is 48.7 Å². The highest BCUT2D eigenvalue weighted by atomic mass is 16.1. The van der Waals surface area contributed by atoms with E-state index in [4.69, 9.17) is 4.98 Å². The Morgan fingerprint density at radius 1 is 1.04 bits per heavy atom. The second kappa shape index (κ2) is 7.84. The molecule has 3 aromatic rings. The normalized spacial score (nSPS) is 14.1. The molecule has 2 aromatic carbocycles. The van der Waals surface area contributed by atoms with Crippen LogP contribution in [0.1, 0.15) is 29.6 Å². The molecule has 6 heteroatoms. The number of piperidine rings is 1. The van der Waals surface area contributed by atoms with Gasteiger partial charge in [-0.1, -0.05) is 36.4 Å². The van der Waals surface area contributed by atoms with E-state index in [0.717, 1.165) is 29.8 Å². The van der Waals surface area contributed by atoms with Gasteiger partial charge < -0.3 is 15.1 Å². The first-order valence-electron chi connectivity index (χ1n) is 9.72. The third-order valence-electron chi connectivity index (χ3n) is 5.10. The zero-order chi connectivity index (χ0) is 19.5. The summed E-state index contributed by atoms with van der Waals surface area (Å²) in [5.41, 5.74) is 1.26. The molecule has 0 atom stereocenters. The van der Waals surface area contributed by atoms with Crippen molar-refractivity contribution in [3.63, 3.8) is 0 Å². The second-order valence-corrected chi connectivity index (χ2v) is 7.33. The number of carbonyl (C=O) groups is 1. The number of carbonyl (C=O) groups excluding carboxylic acids is 1. The molecule has 1 saturated heterocycles. The predicted octanol–water partition coefficient (Wildman–Crippen LogP) is 3.94. The maximum atomic E-state index is 13.0. The molecule has 28 heavy (non-hydrogen) atoms. The van der Waals surface area contributed by atoms with Crippen LogP contribution in [0.25, 0.3) is 10.8 Å². The number of benzene rings is 2. The highest BCUT2D eigenvalue weighted by Gasteiger charge is 2.18. The molecule has 1 N–H and O–H groups in total. The molecular formula is C22H25N5O. The third kappa shape index (κ3) is 3.63. The lowest BCUT2D eigenvalue weighted by atomic mass is 10.0. The molecule has 0 unspecified atom stereocenters. The fraction of sp³-hybridized carbons (Fsp3) is 0.318. The van der Waals surface area contributed by atoms with Gasteiger partial charge in [0.05, 0.1) is 6.20 Å². The number of aromatic nitrogens is 2. The molecule has 1 aliphatic heterocycles. The highest BCUT2D eigenvalue weighted by molar-refractivity contribution is 6.13. The van der Waals surface area contributed by atoms with Gasteiger partial charge in [-0.3, -0.25) is 4.79 Å². The van der Waals surface area contributed by atoms with Crippen LogP contribution in [0.3, 0.4) is 0 Å². The van der Waals surface area contributed by atoms with E-state index in [0.29, 0.717) is 17.1 Å². The van der Waals surface area contributed by atoms with Crippen molar-refractivity contribution in [2.75, 3.05) is 42.3 Å². The van der Waals surface area contributed by atoms with Crippen LogP contribution in [0.2, 0.25) is 0 Å². The Hall–Kier alpha value is -3.15. The lowest BCUT2D eigenvalue weighted by Gasteiger charge is -2.28. The van der Waals surface area contributed by atoms with E-state index < -0.39 is 0 Å². The number of hydrogen-bond acceptors (Lipinski definition) is 5. The summed E-state index contributed by atoms with van der Waals surface area (Å²) in [5.74, 6) is 1.28. The van der Waals surface area contributed by atoms with Crippen molar-refractivity contribution in [1.82, 2.24) is 9.97 Å². The summed E-state index contributed by atoms with van der Waals surface area (Å²) in [6.07, 6.45) is 5.31. The van der Waals surface area contributed by atoms with Crippen molar-refractivity contribution in [3.8, 4) is 0 Å². The molecule has 6 nitrogen and oxygen atoms in total. The fourth-order valence-electron chi connectivity index (χ4n) is 3.65. The summed E-state index contributed by atoms with van der Waals surface area (Å²) in [6, 6.07) is 13.6. The van der Waals surface area contributed by atoms with E-state index in [1.165, 1.54) is 19.3 Å². The van der Waals surface area contributed by atoms with Gasteiger partial charge in [-0.15, -0.1) is 0 Å². The van der Waals surface area contributed by atoms with Crippen molar-refractivity contribution in [2.24, 2.45) is 0 Å². The largest absolute Gasteiger partial charge is 0.361 e. The monoisotopic (exact) mass is 375 g/mol. The van der Waals surface area contributed by atoms with Gasteiger partial charge in [0, 0.05) is 32.7 Å². The summed E-state index contributed by atoms with van der Waals surface area (Å²) in [5, 5.41) is 4.98. The average Bonchev–Trinajstić information content (AvgIpc) is 2.74. The van der Waals surface area contributed by atoms with E-state index in [2.05, 4.69) is 15.2 Å². The molecule has 0 radical (unpaired) electrons. The zero-order valence-electron chi connectivity index (χ0n) is 16.4. The first-order chi connectivity index (χ1) is 13.6. The zero-order valence-corrected chi connectivity index (χ0v) is 16.4. The summed E-state index contributed by atoms with van der Waals surface area (Å²) in [6.45, 7) is 1.96. The first-order valence-corrected chi connectivity index (χ1v) is 9.72. The number of nitrogens with one attached hydrogen (secondary N) is 1. The number of hydrogen-bond donors (Lipinski definition) is 1. The molecule has 1 aromatic heterocycles. The Kier molecular flexibility index (Phi) is 5.10. The van der Waals surface area contributed by atoms with E-state index in [9.17, 15) is 4.79 Å². The minimum atomic E-state index is -0.158. The van der Waals surface area contributed by atoms with Crippen LogP contribution in [0, 0.1) is 0 Å². The van der Waals surface area contributed by atoms with Crippen molar-refractivity contribution < 1.29 is 4.79 Å². The third-order valence-corrected chi connectivity index (χ3v) is 5.10. The van der Waals surface area contributed by atoms with Crippen molar-refractivity contribution in [1.29, 1.82) is 0 Å². The van der Waals surface area contributed by atoms with E-state index in [-0.39, 0.29) is 5.91 Å². The lowest BCUT2D eigenvalue weighted by molar-refractivity contribution is 0.102. The number of rotatable bonds is 4. The average molecular weight is 375 g/mol. The van der Waals surface area contributed by atoms with Crippen LogP contribution in [-0.4, -0.2) is 43.1 Å². The number of anilines is 3. The SMILES string of the molecule is CN(C)c1nc(N2CCCCC2)ncc1NC(=O)c1cccc2ccccc12. The Balaban J connectivity index is 1.64. The molecule has 1 fully saturated rings. The summed E-state index contributed by atoms with van der Waals surface area (Å²) in [7, 11) is 3.85. The second-order valence-electron chi connectivity index (χ2n) is 7.33. The smallest absolute Gasteiger partial charge is 0.256 e. The van der Waals surface area contributed by atoms with Crippen LogP contribution in [0.5, 0.6) is 0 Å². The molecule has 4 rings (SSSR count). The first kappa shape index (κ1) is 18.2. The van der Waals surface area contributed by atoms with Gasteiger partial charge in [0.1, 0.15) is 5.69 Å². The highest BCUT2D eigenvalue weighted by Crippen LogP contribution is 2.27. The molecular weight excluding hydrogens is 350 g/mol. The molecule has 1 aliphatic rings. The molecule has 0 bridgehead atoms. The van der Waals surface area contributed by atoms with Gasteiger partial charge in [0.25, 0.3) is 5.91 Å². The molecule has 1 amide bonds. The summed E-state index contributed by atoms with van der Waals surface area (Å²) >= 11 is 0. The van der Waals surface area contributed by atoms with E-state index in [1.54, 1.807) is 6.20 Å². The molecule has 0 saturated carbocycles. The van der Waals surface area contributed by atoms with Gasteiger partial charge in [0.15, 0.2) is 5.82 Å². The maximum absolute atomic E-state index is 13.0. The molecule has 0 aliphatic carbocycles. The van der Waals surface area contributed by atoms with Crippen LogP contribution >= 0.6 is 0 Å². The Labute approximate surface area is 165 Å². The summed E-state index contributed by atoms with van der Waals surface area (Å²) in [4.78, 5) is 26.4. The Morgan fingerprint density at radius 3 is 2.57 bits per heavy atom. The van der Waals surface area contributed by atoms with Gasteiger partial charge in [0.2, 0.25) is 5.95 Å². The number of amides is 1. The minimum Gasteiger partial charge on any atom is -0.361 e. The maximum Gasteiger partial charge on any atom is 0.256 e. The van der Waals surface area contributed by atoms with Gasteiger partial charge in [-0.05, 0) is 36.1 Å². The Bertz CT molecular complexity index is 990. The van der Waals surface area contributed by atoms with E-state index in [1.807, 2.05) is 61.5 Å². The van der Waals surface area contributed by atoms with Crippen LogP contribution in [-0.2, 0) is 0 Å². The van der Waals surface area contributed by atoms with Crippen LogP contribution < -0.4 is 15.1 Å². The molecule has 2 heterocycles. The number of fused-ring (bicyclic) bond motifs is 1. The van der Waals surface area contributed by atoms with Crippen molar-refractivity contribution in [3.05, 3.63) is 54.2 Å². The quantitative estimate of drug-likeness (QED) is 0.748. The standard InChI is InChI=1S/C22H25N5O/c1-26(2)20-19(15-23-22(25-20)27-13-6-3-7-14-27)24-21(28)18-12-8-10-16-9-4-5-11-17(16)18/h4-5,8-12,15H,3,6-7,13-14H2,1-2H3,(H,24,28). The predicted molar refractivity (Wildman–Crippen MR) is 114 cm³/mol. The fourth-order valence-corrected chi connectivity index (χ4v) is 3.65. The summed E-state index contributed by atoms with van der Waals surface area (Å²) < 4.78 is 0. The Morgan fingerprint density at radius 2 is 1.79 bits per heavy atom. The minimum absolute atomic E-state index is 0.158. The number of nitrogens with zero attached hydrogens (tertiary/aromatic N) is 4.